The van der Waals surface area contributed by atoms with Crippen LogP contribution in [0.4, 0.5) is 0 Å². The van der Waals surface area contributed by atoms with Crippen LogP contribution in [0.15, 0.2) is 0 Å². The zero-order chi connectivity index (χ0) is 8.81. The van der Waals surface area contributed by atoms with Crippen molar-refractivity contribution in [3.63, 3.8) is 0 Å². The zero-order valence-corrected chi connectivity index (χ0v) is 8.47. The van der Waals surface area contributed by atoms with Gasteiger partial charge < -0.3 is 5.11 Å². The molecule has 1 N–H and O–H groups in total. The van der Waals surface area contributed by atoms with Gasteiger partial charge in [0.25, 0.3) is 0 Å². The van der Waals surface area contributed by atoms with Crippen molar-refractivity contribution in [2.75, 3.05) is 25.4 Å². The molecule has 2 nitrogen and oxygen atoms in total. The summed E-state index contributed by atoms with van der Waals surface area (Å²) in [4.78, 5) is 2.41. The standard InChI is InChI=1S/C9H19NOS/c11-7-6-10(9-3-4-9)5-1-2-8-12/h9,11-12H,1-8H2. The summed E-state index contributed by atoms with van der Waals surface area (Å²) in [5, 5.41) is 8.81. The fraction of sp³-hybridized carbons (Fsp3) is 1.00. The van der Waals surface area contributed by atoms with Gasteiger partial charge in [-0.05, 0) is 38.0 Å². The largest absolute Gasteiger partial charge is 0.395 e. The fourth-order valence-electron chi connectivity index (χ4n) is 1.47. The van der Waals surface area contributed by atoms with Gasteiger partial charge >= 0.3 is 0 Å². The van der Waals surface area contributed by atoms with Crippen LogP contribution in [0.3, 0.4) is 0 Å². The maximum Gasteiger partial charge on any atom is 0.0558 e. The number of aliphatic hydroxyl groups is 1. The minimum absolute atomic E-state index is 0.303. The molecule has 0 radical (unpaired) electrons. The molecule has 3 heteroatoms. The molecule has 12 heavy (non-hydrogen) atoms. The SMILES string of the molecule is OCCN(CCCCS)C1CC1. The number of hydrogen-bond acceptors (Lipinski definition) is 3. The minimum atomic E-state index is 0.303. The summed E-state index contributed by atoms with van der Waals surface area (Å²) in [6, 6.07) is 0.789. The molecule has 0 aromatic rings. The van der Waals surface area contributed by atoms with E-state index >= 15 is 0 Å². The van der Waals surface area contributed by atoms with E-state index < -0.39 is 0 Å². The Morgan fingerprint density at radius 1 is 1.25 bits per heavy atom. The second-order valence-electron chi connectivity index (χ2n) is 3.42. The van der Waals surface area contributed by atoms with Gasteiger partial charge in [-0.3, -0.25) is 4.90 Å². The van der Waals surface area contributed by atoms with Gasteiger partial charge in [0.1, 0.15) is 0 Å². The van der Waals surface area contributed by atoms with Crippen molar-refractivity contribution < 1.29 is 5.11 Å². The predicted octanol–water partition coefficient (Wildman–Crippen LogP) is 1.15. The van der Waals surface area contributed by atoms with E-state index in [1.165, 1.54) is 25.7 Å². The van der Waals surface area contributed by atoms with Gasteiger partial charge in [-0.25, -0.2) is 0 Å². The molecule has 0 unspecified atom stereocenters. The molecule has 0 aliphatic heterocycles. The Morgan fingerprint density at radius 2 is 2.00 bits per heavy atom. The zero-order valence-electron chi connectivity index (χ0n) is 7.58. The third kappa shape index (κ3) is 3.78. The predicted molar refractivity (Wildman–Crippen MR) is 54.8 cm³/mol. The molecule has 0 spiro atoms. The van der Waals surface area contributed by atoms with E-state index in [4.69, 9.17) is 5.11 Å². The molecule has 0 saturated heterocycles. The van der Waals surface area contributed by atoms with Crippen molar-refractivity contribution in [2.45, 2.75) is 31.7 Å². The first-order valence-corrected chi connectivity index (χ1v) is 5.47. The van der Waals surface area contributed by atoms with Crippen LogP contribution in [0, 0.1) is 0 Å². The van der Waals surface area contributed by atoms with Crippen molar-refractivity contribution in [1.82, 2.24) is 4.90 Å². The Bertz CT molecular complexity index is 117. The average molecular weight is 189 g/mol. The second-order valence-corrected chi connectivity index (χ2v) is 3.87. The van der Waals surface area contributed by atoms with Crippen LogP contribution in [-0.4, -0.2) is 41.5 Å². The van der Waals surface area contributed by atoms with E-state index in [0.29, 0.717) is 6.61 Å². The van der Waals surface area contributed by atoms with Crippen LogP contribution in [-0.2, 0) is 0 Å². The lowest BCUT2D eigenvalue weighted by atomic mass is 10.3. The molecule has 72 valence electrons. The average Bonchev–Trinajstić information content (AvgIpc) is 2.86. The topological polar surface area (TPSA) is 23.5 Å². The second kappa shape index (κ2) is 5.84. The third-order valence-electron chi connectivity index (χ3n) is 2.30. The lowest BCUT2D eigenvalue weighted by Crippen LogP contribution is -2.30. The summed E-state index contributed by atoms with van der Waals surface area (Å²) >= 11 is 4.17. The smallest absolute Gasteiger partial charge is 0.0558 e. The van der Waals surface area contributed by atoms with Gasteiger partial charge in [0.15, 0.2) is 0 Å². The van der Waals surface area contributed by atoms with Crippen LogP contribution >= 0.6 is 12.6 Å². The van der Waals surface area contributed by atoms with E-state index in [1.54, 1.807) is 0 Å². The number of thiol groups is 1. The summed E-state index contributed by atoms with van der Waals surface area (Å²) in [5.74, 6) is 0.984. The van der Waals surface area contributed by atoms with Crippen molar-refractivity contribution in [3.05, 3.63) is 0 Å². The first-order valence-electron chi connectivity index (χ1n) is 4.84. The van der Waals surface area contributed by atoms with E-state index in [9.17, 15) is 0 Å². The van der Waals surface area contributed by atoms with Crippen LogP contribution in [0.5, 0.6) is 0 Å². The van der Waals surface area contributed by atoms with Crippen LogP contribution in [0.1, 0.15) is 25.7 Å². The van der Waals surface area contributed by atoms with E-state index in [2.05, 4.69) is 17.5 Å². The Hall–Kier alpha value is 0.270. The highest BCUT2D eigenvalue weighted by Gasteiger charge is 2.27. The quantitative estimate of drug-likeness (QED) is 0.464. The number of hydrogen-bond donors (Lipinski definition) is 2. The summed E-state index contributed by atoms with van der Waals surface area (Å²) in [5.41, 5.74) is 0. The third-order valence-corrected chi connectivity index (χ3v) is 2.62. The molecule has 0 aromatic heterocycles. The van der Waals surface area contributed by atoms with Crippen molar-refractivity contribution in [1.29, 1.82) is 0 Å². The normalized spacial score (nSPS) is 17.2. The Balaban J connectivity index is 2.05. The number of nitrogens with zero attached hydrogens (tertiary/aromatic N) is 1. The van der Waals surface area contributed by atoms with Crippen molar-refractivity contribution in [3.8, 4) is 0 Å². The number of aliphatic hydroxyl groups excluding tert-OH is 1. The van der Waals surface area contributed by atoms with E-state index in [1.807, 2.05) is 0 Å². The Kier molecular flexibility index (Phi) is 5.04. The molecule has 0 atom stereocenters. The summed E-state index contributed by atoms with van der Waals surface area (Å²) in [7, 11) is 0. The van der Waals surface area contributed by atoms with Gasteiger partial charge in [-0.2, -0.15) is 12.6 Å². The minimum Gasteiger partial charge on any atom is -0.395 e. The molecule has 1 saturated carbocycles. The van der Waals surface area contributed by atoms with Crippen LogP contribution in [0.2, 0.25) is 0 Å². The lowest BCUT2D eigenvalue weighted by molar-refractivity contribution is 0.187. The lowest BCUT2D eigenvalue weighted by Gasteiger charge is -2.20. The van der Waals surface area contributed by atoms with E-state index in [-0.39, 0.29) is 0 Å². The highest BCUT2D eigenvalue weighted by molar-refractivity contribution is 7.80. The molecule has 0 amide bonds. The number of unbranched alkanes of at least 4 members (excludes halogenated alkanes) is 1. The molecule has 0 heterocycles. The summed E-state index contributed by atoms with van der Waals surface area (Å²) in [6.07, 6.45) is 5.08. The molecule has 0 aromatic carbocycles. The molecular formula is C9H19NOS. The molecule has 0 bridgehead atoms. The fourth-order valence-corrected chi connectivity index (χ4v) is 1.70. The highest BCUT2D eigenvalue weighted by Crippen LogP contribution is 2.26. The Labute approximate surface area is 80.4 Å². The maximum atomic E-state index is 8.81. The molecule has 1 fully saturated rings. The molecule has 1 aliphatic rings. The molecular weight excluding hydrogens is 170 g/mol. The van der Waals surface area contributed by atoms with Crippen LogP contribution in [0.25, 0.3) is 0 Å². The van der Waals surface area contributed by atoms with Gasteiger partial charge in [-0.15, -0.1) is 0 Å². The molecule has 1 aliphatic carbocycles. The Morgan fingerprint density at radius 3 is 2.50 bits per heavy atom. The first-order chi connectivity index (χ1) is 5.88. The van der Waals surface area contributed by atoms with Gasteiger partial charge in [0, 0.05) is 12.6 Å². The number of rotatable bonds is 7. The first kappa shape index (κ1) is 10.4. The highest BCUT2D eigenvalue weighted by atomic mass is 32.1. The van der Waals surface area contributed by atoms with Crippen molar-refractivity contribution >= 4 is 12.6 Å². The van der Waals surface area contributed by atoms with Crippen LogP contribution < -0.4 is 0 Å². The van der Waals surface area contributed by atoms with E-state index in [0.717, 1.165) is 24.9 Å². The van der Waals surface area contributed by atoms with Gasteiger partial charge in [0.05, 0.1) is 6.61 Å². The van der Waals surface area contributed by atoms with Crippen molar-refractivity contribution in [2.24, 2.45) is 0 Å². The maximum absolute atomic E-state index is 8.81. The van der Waals surface area contributed by atoms with Gasteiger partial charge in [-0.1, -0.05) is 0 Å². The monoisotopic (exact) mass is 189 g/mol. The van der Waals surface area contributed by atoms with Gasteiger partial charge in [0.2, 0.25) is 0 Å². The summed E-state index contributed by atoms with van der Waals surface area (Å²) in [6.45, 7) is 2.31. The summed E-state index contributed by atoms with van der Waals surface area (Å²) < 4.78 is 0. The molecule has 1 rings (SSSR count).